The van der Waals surface area contributed by atoms with E-state index in [0.29, 0.717) is 0 Å². The van der Waals surface area contributed by atoms with Crippen molar-refractivity contribution in [2.45, 2.75) is 43.5 Å². The van der Waals surface area contributed by atoms with Crippen LogP contribution < -0.4 is 5.32 Å². The maximum atomic E-state index is 13.0. The van der Waals surface area contributed by atoms with Gasteiger partial charge in [0.1, 0.15) is 30.2 Å². The predicted octanol–water partition coefficient (Wildman–Crippen LogP) is 1.06. The number of carbonyl (C=O) groups is 4. The molecule has 2 fully saturated rings. The van der Waals surface area contributed by atoms with Gasteiger partial charge in [0.2, 0.25) is 5.91 Å². The fourth-order valence-electron chi connectivity index (χ4n) is 3.39. The number of nitrogens with zero attached hydrogens (tertiary/aromatic N) is 1. The van der Waals surface area contributed by atoms with Gasteiger partial charge in [-0.15, -0.1) is 11.8 Å². The van der Waals surface area contributed by atoms with Gasteiger partial charge in [-0.05, 0) is 5.56 Å². The van der Waals surface area contributed by atoms with Crippen LogP contribution in [0.25, 0.3) is 0 Å². The summed E-state index contributed by atoms with van der Waals surface area (Å²) in [6, 6.07) is 7.42. The van der Waals surface area contributed by atoms with Gasteiger partial charge in [-0.2, -0.15) is 0 Å². The summed E-state index contributed by atoms with van der Waals surface area (Å²) >= 11 is 1.33. The van der Waals surface area contributed by atoms with Gasteiger partial charge < -0.3 is 24.4 Å². The number of ether oxygens (including phenoxy) is 3. The lowest BCUT2D eigenvalue weighted by atomic mass is 10.2. The molecule has 2 heterocycles. The molecular formula is C19H22N2O7S. The minimum Gasteiger partial charge on any atom is -0.467 e. The van der Waals surface area contributed by atoms with Crippen molar-refractivity contribution in [2.75, 3.05) is 12.9 Å². The van der Waals surface area contributed by atoms with E-state index in [4.69, 9.17) is 14.2 Å². The van der Waals surface area contributed by atoms with Crippen LogP contribution in [0, 0.1) is 0 Å². The Bertz CT molecular complexity index is 788. The number of esters is 2. The summed E-state index contributed by atoms with van der Waals surface area (Å²) in [7, 11) is 1.23. The zero-order valence-corrected chi connectivity index (χ0v) is 16.8. The zero-order chi connectivity index (χ0) is 21.0. The highest BCUT2D eigenvalue weighted by molar-refractivity contribution is 8.00. The summed E-state index contributed by atoms with van der Waals surface area (Å²) in [5.74, 6) is -1.24. The molecule has 0 radical (unpaired) electrons. The number of carbonyl (C=O) groups excluding carboxylic acids is 4. The van der Waals surface area contributed by atoms with Crippen molar-refractivity contribution in [2.24, 2.45) is 0 Å². The molecule has 2 aliphatic heterocycles. The summed E-state index contributed by atoms with van der Waals surface area (Å²) < 4.78 is 15.2. The topological polar surface area (TPSA) is 111 Å². The first-order valence-corrected chi connectivity index (χ1v) is 10.1. The lowest BCUT2D eigenvalue weighted by Crippen LogP contribution is -2.58. The Hall–Kier alpha value is -2.75. The first-order valence-electron chi connectivity index (χ1n) is 9.06. The van der Waals surface area contributed by atoms with Gasteiger partial charge in [0.25, 0.3) is 0 Å². The highest BCUT2D eigenvalue weighted by Crippen LogP contribution is 2.38. The molecule has 1 aromatic rings. The molecule has 0 saturated carbocycles. The molecule has 2 aliphatic rings. The third-order valence-corrected chi connectivity index (χ3v) is 6.06. The summed E-state index contributed by atoms with van der Waals surface area (Å²) in [6.45, 7) is 1.35. The molecule has 1 aromatic carbocycles. The fourth-order valence-corrected chi connectivity index (χ4v) is 4.80. The molecule has 0 aliphatic carbocycles. The number of fused-ring (bicyclic) bond motifs is 1. The SMILES string of the molecule is COC(=O)[C@@H]1C[C@@H](OC(C)=O)C2SC[C@H](NC(=O)OCc3ccccc3)C(=O)N21. The molecule has 2 saturated heterocycles. The second-order valence-corrected chi connectivity index (χ2v) is 7.80. The number of hydrogen-bond acceptors (Lipinski definition) is 8. The minimum atomic E-state index is -0.876. The third kappa shape index (κ3) is 4.81. The molecule has 1 N–H and O–H groups in total. The number of rotatable bonds is 5. The van der Waals surface area contributed by atoms with E-state index in [-0.39, 0.29) is 18.8 Å². The van der Waals surface area contributed by atoms with E-state index in [1.165, 1.54) is 30.7 Å². The number of nitrogens with one attached hydrogen (secondary N) is 1. The predicted molar refractivity (Wildman–Crippen MR) is 103 cm³/mol. The van der Waals surface area contributed by atoms with E-state index in [1.54, 1.807) is 0 Å². The smallest absolute Gasteiger partial charge is 0.408 e. The average Bonchev–Trinajstić information content (AvgIpc) is 3.07. The molecule has 0 bridgehead atoms. The van der Waals surface area contributed by atoms with Gasteiger partial charge in [0.05, 0.1) is 7.11 Å². The first-order chi connectivity index (χ1) is 13.9. The zero-order valence-electron chi connectivity index (χ0n) is 16.0. The molecule has 9 nitrogen and oxygen atoms in total. The van der Waals surface area contributed by atoms with Crippen LogP contribution in [-0.4, -0.2) is 65.3 Å². The van der Waals surface area contributed by atoms with E-state index in [2.05, 4.69) is 5.32 Å². The molecule has 2 amide bonds. The molecule has 29 heavy (non-hydrogen) atoms. The monoisotopic (exact) mass is 422 g/mol. The Labute approximate surface area is 172 Å². The summed E-state index contributed by atoms with van der Waals surface area (Å²) in [5, 5.41) is 2.05. The molecule has 10 heteroatoms. The van der Waals surface area contributed by atoms with Gasteiger partial charge >= 0.3 is 18.0 Å². The number of alkyl carbamates (subject to hydrolysis) is 1. The molecule has 3 rings (SSSR count). The first kappa shape index (κ1) is 21.0. The highest BCUT2D eigenvalue weighted by Gasteiger charge is 2.53. The lowest BCUT2D eigenvalue weighted by Gasteiger charge is -2.37. The normalized spacial score (nSPS) is 25.7. The number of benzene rings is 1. The molecule has 0 spiro atoms. The van der Waals surface area contributed by atoms with Gasteiger partial charge in [0, 0.05) is 19.1 Å². The molecule has 4 atom stereocenters. The largest absolute Gasteiger partial charge is 0.467 e. The Balaban J connectivity index is 1.64. The van der Waals surface area contributed by atoms with Gasteiger partial charge in [-0.3, -0.25) is 9.59 Å². The van der Waals surface area contributed by atoms with Crippen LogP contribution in [0.5, 0.6) is 0 Å². The van der Waals surface area contributed by atoms with E-state index in [9.17, 15) is 19.2 Å². The van der Waals surface area contributed by atoms with Crippen molar-refractivity contribution in [3.05, 3.63) is 35.9 Å². The average molecular weight is 422 g/mol. The van der Waals surface area contributed by atoms with Gasteiger partial charge in [-0.25, -0.2) is 9.59 Å². The van der Waals surface area contributed by atoms with E-state index >= 15 is 0 Å². The maximum Gasteiger partial charge on any atom is 0.408 e. The van der Waals surface area contributed by atoms with E-state index in [0.717, 1.165) is 5.56 Å². The van der Waals surface area contributed by atoms with Crippen molar-refractivity contribution < 1.29 is 33.4 Å². The van der Waals surface area contributed by atoms with Crippen LogP contribution in [0.2, 0.25) is 0 Å². The molecule has 1 unspecified atom stereocenters. The van der Waals surface area contributed by atoms with Crippen LogP contribution in [0.3, 0.4) is 0 Å². The number of amides is 2. The number of hydrogen-bond donors (Lipinski definition) is 1. The van der Waals surface area contributed by atoms with Crippen LogP contribution in [0.15, 0.2) is 30.3 Å². The highest BCUT2D eigenvalue weighted by atomic mass is 32.2. The Morgan fingerprint density at radius 2 is 1.97 bits per heavy atom. The summed E-state index contributed by atoms with van der Waals surface area (Å²) in [6.07, 6.45) is -1.19. The van der Waals surface area contributed by atoms with Gasteiger partial charge in [-0.1, -0.05) is 30.3 Å². The quantitative estimate of drug-likeness (QED) is 0.554. The fraction of sp³-hybridized carbons (Fsp3) is 0.474. The second kappa shape index (κ2) is 9.17. The lowest BCUT2D eigenvalue weighted by molar-refractivity contribution is -0.152. The number of methoxy groups -OCH3 is 1. The van der Waals surface area contributed by atoms with Crippen molar-refractivity contribution in [1.82, 2.24) is 10.2 Å². The van der Waals surface area contributed by atoms with Gasteiger partial charge in [0.15, 0.2) is 0 Å². The van der Waals surface area contributed by atoms with Crippen molar-refractivity contribution in [3.8, 4) is 0 Å². The second-order valence-electron chi connectivity index (χ2n) is 6.65. The Morgan fingerprint density at radius 3 is 2.62 bits per heavy atom. The van der Waals surface area contributed by atoms with Crippen molar-refractivity contribution >= 4 is 35.7 Å². The summed E-state index contributed by atoms with van der Waals surface area (Å²) in [5.41, 5.74) is 0.821. The van der Waals surface area contributed by atoms with Crippen LogP contribution in [0.1, 0.15) is 18.9 Å². The Morgan fingerprint density at radius 1 is 1.24 bits per heavy atom. The molecule has 0 aromatic heterocycles. The standard InChI is InChI=1S/C19H22N2O7S/c1-11(22)28-15-8-14(18(24)26-2)21-16(23)13(10-29-17(15)21)20-19(25)27-9-12-6-4-3-5-7-12/h3-7,13-15,17H,8-10H2,1-2H3,(H,20,25)/t13-,14-,15+,17?/m0/s1. The van der Waals surface area contributed by atoms with Crippen molar-refractivity contribution in [3.63, 3.8) is 0 Å². The van der Waals surface area contributed by atoms with E-state index < -0.39 is 47.5 Å². The summed E-state index contributed by atoms with van der Waals surface area (Å²) in [4.78, 5) is 50.0. The third-order valence-electron chi connectivity index (χ3n) is 4.67. The van der Waals surface area contributed by atoms with E-state index in [1.807, 2.05) is 30.3 Å². The molecular weight excluding hydrogens is 400 g/mol. The maximum absolute atomic E-state index is 13.0. The minimum absolute atomic E-state index is 0.0758. The van der Waals surface area contributed by atoms with Crippen LogP contribution >= 0.6 is 11.8 Å². The number of thioether (sulfide) groups is 1. The van der Waals surface area contributed by atoms with Crippen molar-refractivity contribution in [1.29, 1.82) is 0 Å². The molecule has 156 valence electrons. The van der Waals surface area contributed by atoms with Crippen LogP contribution in [0.4, 0.5) is 4.79 Å². The Kier molecular flexibility index (Phi) is 6.63. The van der Waals surface area contributed by atoms with Crippen LogP contribution in [-0.2, 0) is 35.2 Å².